The van der Waals surface area contributed by atoms with Crippen LogP contribution in [-0.2, 0) is 19.4 Å². The van der Waals surface area contributed by atoms with Gasteiger partial charge in [0.05, 0.1) is 6.61 Å². The Bertz CT molecular complexity index is 1640. The smallest absolute Gasteiger partial charge is 0.408 e. The molecule has 274 valence electrons. The van der Waals surface area contributed by atoms with Gasteiger partial charge in [0.2, 0.25) is 0 Å². The van der Waals surface area contributed by atoms with Gasteiger partial charge in [-0.15, -0.1) is 0 Å². The lowest BCUT2D eigenvalue weighted by Gasteiger charge is -2.45. The van der Waals surface area contributed by atoms with E-state index in [2.05, 4.69) is 105 Å². The van der Waals surface area contributed by atoms with E-state index in [1.165, 1.54) is 16.7 Å². The first-order valence-electron chi connectivity index (χ1n) is 18.5. The van der Waals surface area contributed by atoms with Crippen molar-refractivity contribution in [1.82, 2.24) is 9.80 Å². The SMILES string of the molecule is CC(C)N(CC[C@H](c1ccccc1)c1cc(CCOc2ccc(CC(C)(C)N(C(=O)O)C(C)(C)C)cc2)ccc1OCc1ccccc1)C(C)C. The van der Waals surface area contributed by atoms with Gasteiger partial charge in [0.15, 0.2) is 0 Å². The summed E-state index contributed by atoms with van der Waals surface area (Å²) in [7, 11) is 0. The van der Waals surface area contributed by atoms with Gasteiger partial charge in [0.25, 0.3) is 0 Å². The van der Waals surface area contributed by atoms with Crippen LogP contribution >= 0.6 is 0 Å². The van der Waals surface area contributed by atoms with Gasteiger partial charge in [0.1, 0.15) is 18.1 Å². The van der Waals surface area contributed by atoms with Crippen LogP contribution in [0.4, 0.5) is 4.79 Å². The second kappa shape index (κ2) is 17.8. The zero-order chi connectivity index (χ0) is 37.2. The molecular weight excluding hydrogens is 633 g/mol. The minimum atomic E-state index is -0.908. The lowest BCUT2D eigenvalue weighted by Crippen LogP contribution is -2.57. The predicted molar refractivity (Wildman–Crippen MR) is 210 cm³/mol. The molecule has 0 aliphatic carbocycles. The highest BCUT2D eigenvalue weighted by molar-refractivity contribution is 5.67. The van der Waals surface area contributed by atoms with Gasteiger partial charge in [0, 0.05) is 41.1 Å². The molecule has 51 heavy (non-hydrogen) atoms. The van der Waals surface area contributed by atoms with Crippen molar-refractivity contribution in [3.05, 3.63) is 131 Å². The molecule has 0 spiro atoms. The minimum Gasteiger partial charge on any atom is -0.493 e. The van der Waals surface area contributed by atoms with Crippen LogP contribution in [0.1, 0.15) is 102 Å². The quantitative estimate of drug-likeness (QED) is 0.119. The highest BCUT2D eigenvalue weighted by Gasteiger charge is 2.38. The van der Waals surface area contributed by atoms with E-state index < -0.39 is 17.2 Å². The number of hydrogen-bond donors (Lipinski definition) is 1. The molecule has 0 heterocycles. The third kappa shape index (κ3) is 11.4. The summed E-state index contributed by atoms with van der Waals surface area (Å²) in [5.74, 6) is 1.89. The number of carboxylic acid groups (broad SMARTS) is 1. The molecule has 6 nitrogen and oxygen atoms in total. The fourth-order valence-corrected chi connectivity index (χ4v) is 7.49. The predicted octanol–water partition coefficient (Wildman–Crippen LogP) is 10.6. The van der Waals surface area contributed by atoms with Gasteiger partial charge < -0.3 is 14.6 Å². The molecule has 4 aromatic carbocycles. The Morgan fingerprint density at radius 3 is 1.88 bits per heavy atom. The van der Waals surface area contributed by atoms with Crippen molar-refractivity contribution in [2.24, 2.45) is 0 Å². The van der Waals surface area contributed by atoms with E-state index in [1.807, 2.05) is 65.0 Å². The summed E-state index contributed by atoms with van der Waals surface area (Å²) in [6, 6.07) is 36.8. The maximum atomic E-state index is 12.1. The second-order valence-corrected chi connectivity index (χ2v) is 15.8. The standard InChI is InChI=1S/C45H60N2O4/c1-33(2)46(34(3)4)28-26-40(38-18-14-11-15-19-38)41-30-35(22-25-42(41)51-32-37-16-12-10-13-17-37)27-29-50-39-23-20-36(21-24-39)31-45(8,9)47(43(48)49)44(5,6)7/h10-25,30,33-34,40H,26-29,31-32H2,1-9H3,(H,48,49)/t40-/m1/s1. The van der Waals surface area contributed by atoms with E-state index in [9.17, 15) is 9.90 Å². The largest absolute Gasteiger partial charge is 0.493 e. The molecule has 0 aliphatic rings. The van der Waals surface area contributed by atoms with Crippen molar-refractivity contribution >= 4 is 6.09 Å². The molecule has 0 saturated carbocycles. The zero-order valence-electron chi connectivity index (χ0n) is 32.4. The summed E-state index contributed by atoms with van der Waals surface area (Å²) in [6.45, 7) is 20.9. The van der Waals surface area contributed by atoms with Crippen LogP contribution in [0.15, 0.2) is 103 Å². The van der Waals surface area contributed by atoms with Crippen molar-refractivity contribution in [2.75, 3.05) is 13.2 Å². The molecule has 0 bridgehead atoms. The number of amides is 1. The van der Waals surface area contributed by atoms with Crippen molar-refractivity contribution in [2.45, 2.75) is 117 Å². The van der Waals surface area contributed by atoms with Crippen LogP contribution in [0, 0.1) is 0 Å². The van der Waals surface area contributed by atoms with Crippen molar-refractivity contribution in [3.63, 3.8) is 0 Å². The lowest BCUT2D eigenvalue weighted by atomic mass is 9.86. The third-order valence-electron chi connectivity index (χ3n) is 9.58. The Labute approximate surface area is 307 Å². The molecule has 1 atom stereocenters. The Morgan fingerprint density at radius 2 is 1.31 bits per heavy atom. The lowest BCUT2D eigenvalue weighted by molar-refractivity contribution is 0.0334. The number of hydrogen-bond acceptors (Lipinski definition) is 4. The fraction of sp³-hybridized carbons (Fsp3) is 0.444. The maximum absolute atomic E-state index is 12.1. The molecule has 4 rings (SSSR count). The van der Waals surface area contributed by atoms with Crippen LogP contribution in [0.3, 0.4) is 0 Å². The van der Waals surface area contributed by atoms with E-state index in [4.69, 9.17) is 9.47 Å². The first kappa shape index (κ1) is 39.5. The van der Waals surface area contributed by atoms with Crippen molar-refractivity contribution in [1.29, 1.82) is 0 Å². The molecule has 4 aromatic rings. The van der Waals surface area contributed by atoms with Gasteiger partial charge in [-0.25, -0.2) is 4.79 Å². The molecule has 0 radical (unpaired) electrons. The van der Waals surface area contributed by atoms with Gasteiger partial charge in [-0.1, -0.05) is 84.9 Å². The second-order valence-electron chi connectivity index (χ2n) is 15.8. The van der Waals surface area contributed by atoms with E-state index in [-0.39, 0.29) is 5.92 Å². The van der Waals surface area contributed by atoms with E-state index in [0.717, 1.165) is 42.0 Å². The molecule has 1 amide bonds. The molecule has 0 unspecified atom stereocenters. The monoisotopic (exact) mass is 692 g/mol. The summed E-state index contributed by atoms with van der Waals surface area (Å²) in [5.41, 5.74) is 4.84. The average Bonchev–Trinajstić information content (AvgIpc) is 3.06. The van der Waals surface area contributed by atoms with Crippen molar-refractivity contribution < 1.29 is 19.4 Å². The minimum absolute atomic E-state index is 0.171. The number of nitrogens with zero attached hydrogens (tertiary/aromatic N) is 2. The zero-order valence-corrected chi connectivity index (χ0v) is 32.4. The summed E-state index contributed by atoms with van der Waals surface area (Å²) < 4.78 is 12.8. The summed E-state index contributed by atoms with van der Waals surface area (Å²) >= 11 is 0. The molecule has 1 N–H and O–H groups in total. The molecule has 0 aliphatic heterocycles. The Hall–Kier alpha value is -4.29. The molecular formula is C45H60N2O4. The first-order valence-corrected chi connectivity index (χ1v) is 18.5. The van der Waals surface area contributed by atoms with E-state index >= 15 is 0 Å². The normalized spacial score (nSPS) is 12.7. The van der Waals surface area contributed by atoms with Crippen LogP contribution in [0.5, 0.6) is 11.5 Å². The maximum Gasteiger partial charge on any atom is 0.408 e. The van der Waals surface area contributed by atoms with Crippen LogP contribution in [-0.4, -0.2) is 57.3 Å². The molecule has 6 heteroatoms. The van der Waals surface area contributed by atoms with Gasteiger partial charge in [-0.05, 0) is 122 Å². The third-order valence-corrected chi connectivity index (χ3v) is 9.58. The topological polar surface area (TPSA) is 62.2 Å². The van der Waals surface area contributed by atoms with Crippen molar-refractivity contribution in [3.8, 4) is 11.5 Å². The number of carbonyl (C=O) groups is 1. The van der Waals surface area contributed by atoms with Crippen LogP contribution in [0.2, 0.25) is 0 Å². The highest BCUT2D eigenvalue weighted by atomic mass is 16.5. The first-order chi connectivity index (χ1) is 24.2. The van der Waals surface area contributed by atoms with Crippen LogP contribution < -0.4 is 9.47 Å². The average molecular weight is 693 g/mol. The van der Waals surface area contributed by atoms with Gasteiger partial charge >= 0.3 is 6.09 Å². The number of rotatable bonds is 17. The van der Waals surface area contributed by atoms with E-state index in [1.54, 1.807) is 4.90 Å². The summed E-state index contributed by atoms with van der Waals surface area (Å²) in [5, 5.41) is 9.94. The number of benzene rings is 4. The Kier molecular flexibility index (Phi) is 13.8. The van der Waals surface area contributed by atoms with Crippen LogP contribution in [0.25, 0.3) is 0 Å². The van der Waals surface area contributed by atoms with E-state index in [0.29, 0.717) is 31.7 Å². The Morgan fingerprint density at radius 1 is 0.725 bits per heavy atom. The molecule has 0 saturated heterocycles. The van der Waals surface area contributed by atoms with Gasteiger partial charge in [-0.3, -0.25) is 9.80 Å². The fourth-order valence-electron chi connectivity index (χ4n) is 7.49. The molecule has 0 aromatic heterocycles. The summed E-state index contributed by atoms with van der Waals surface area (Å²) in [4.78, 5) is 16.2. The van der Waals surface area contributed by atoms with Gasteiger partial charge in [-0.2, -0.15) is 0 Å². The Balaban J connectivity index is 1.53. The number of ether oxygens (including phenoxy) is 2. The summed E-state index contributed by atoms with van der Waals surface area (Å²) in [6.07, 6.45) is 1.43. The molecule has 0 fully saturated rings. The highest BCUT2D eigenvalue weighted by Crippen LogP contribution is 2.37.